The first-order valence-electron chi connectivity index (χ1n) is 6.38. The second-order valence-corrected chi connectivity index (χ2v) is 5.38. The molecule has 0 fully saturated rings. The summed E-state index contributed by atoms with van der Waals surface area (Å²) in [5.74, 6) is 0.309. The Bertz CT molecular complexity index is 229. The molecular weight excluding hydrogens is 216 g/mol. The Kier molecular flexibility index (Phi) is 7.39. The molecule has 0 saturated carbocycles. The summed E-state index contributed by atoms with van der Waals surface area (Å²) in [7, 11) is 4.04. The molecule has 0 radical (unpaired) electrons. The van der Waals surface area contributed by atoms with Gasteiger partial charge in [-0.3, -0.25) is 4.79 Å². The van der Waals surface area contributed by atoms with Crippen LogP contribution in [0, 0.1) is 5.92 Å². The molecule has 0 aliphatic rings. The predicted octanol–water partition coefficient (Wildman–Crippen LogP) is 1.51. The fraction of sp³-hybridized carbons (Fsp3) is 0.923. The Morgan fingerprint density at radius 1 is 1.41 bits per heavy atom. The largest absolute Gasteiger partial charge is 0.465 e. The van der Waals surface area contributed by atoms with Crippen LogP contribution >= 0.6 is 0 Å². The highest BCUT2D eigenvalue weighted by Gasteiger charge is 2.34. The van der Waals surface area contributed by atoms with Crippen LogP contribution < -0.4 is 5.32 Å². The second kappa shape index (κ2) is 7.67. The van der Waals surface area contributed by atoms with Crippen molar-refractivity contribution < 1.29 is 9.53 Å². The van der Waals surface area contributed by atoms with Gasteiger partial charge in [-0.15, -0.1) is 0 Å². The number of nitrogens with one attached hydrogen (secondary N) is 1. The molecule has 0 aromatic carbocycles. The molecule has 0 aromatic rings. The first-order chi connectivity index (χ1) is 7.81. The number of esters is 1. The van der Waals surface area contributed by atoms with Crippen LogP contribution in [0.3, 0.4) is 0 Å². The van der Waals surface area contributed by atoms with Gasteiger partial charge in [0.05, 0.1) is 6.61 Å². The van der Waals surface area contributed by atoms with Gasteiger partial charge in [-0.2, -0.15) is 0 Å². The molecule has 1 unspecified atom stereocenters. The van der Waals surface area contributed by atoms with Crippen LogP contribution in [0.15, 0.2) is 0 Å². The number of ether oxygens (including phenoxy) is 1. The lowest BCUT2D eigenvalue weighted by atomic mass is 9.90. The van der Waals surface area contributed by atoms with Crippen molar-refractivity contribution in [3.8, 4) is 0 Å². The zero-order valence-electron chi connectivity index (χ0n) is 12.2. The summed E-state index contributed by atoms with van der Waals surface area (Å²) < 4.78 is 5.15. The van der Waals surface area contributed by atoms with E-state index in [1.165, 1.54) is 0 Å². The van der Waals surface area contributed by atoms with Crippen LogP contribution in [-0.4, -0.2) is 50.2 Å². The highest BCUT2D eigenvalue weighted by atomic mass is 16.5. The van der Waals surface area contributed by atoms with Gasteiger partial charge in [-0.05, 0) is 40.3 Å². The molecule has 0 aromatic heterocycles. The van der Waals surface area contributed by atoms with Crippen molar-refractivity contribution in [3.63, 3.8) is 0 Å². The lowest BCUT2D eigenvalue weighted by molar-refractivity contribution is -0.151. The van der Waals surface area contributed by atoms with E-state index in [1.807, 2.05) is 27.9 Å². The Labute approximate surface area is 106 Å². The number of hydrogen-bond donors (Lipinski definition) is 1. The van der Waals surface area contributed by atoms with Crippen molar-refractivity contribution >= 4 is 5.97 Å². The minimum atomic E-state index is -0.569. The molecule has 0 bridgehead atoms. The molecule has 0 aliphatic carbocycles. The van der Waals surface area contributed by atoms with E-state index in [0.717, 1.165) is 19.5 Å². The highest BCUT2D eigenvalue weighted by Crippen LogP contribution is 2.18. The van der Waals surface area contributed by atoms with Gasteiger partial charge in [-0.1, -0.05) is 13.8 Å². The highest BCUT2D eigenvalue weighted by molar-refractivity contribution is 5.80. The van der Waals surface area contributed by atoms with Gasteiger partial charge < -0.3 is 15.0 Å². The first kappa shape index (κ1) is 16.4. The van der Waals surface area contributed by atoms with Crippen molar-refractivity contribution in [1.29, 1.82) is 0 Å². The Morgan fingerprint density at radius 3 is 2.41 bits per heavy atom. The lowest BCUT2D eigenvalue weighted by Crippen LogP contribution is -2.53. The van der Waals surface area contributed by atoms with Crippen LogP contribution in [0.2, 0.25) is 0 Å². The van der Waals surface area contributed by atoms with Gasteiger partial charge in [0, 0.05) is 13.1 Å². The van der Waals surface area contributed by atoms with Gasteiger partial charge >= 0.3 is 5.97 Å². The molecule has 0 aliphatic heterocycles. The van der Waals surface area contributed by atoms with Gasteiger partial charge in [0.2, 0.25) is 0 Å². The molecule has 17 heavy (non-hydrogen) atoms. The van der Waals surface area contributed by atoms with Crippen LogP contribution in [0.1, 0.15) is 34.1 Å². The topological polar surface area (TPSA) is 41.6 Å². The normalized spacial score (nSPS) is 15.1. The van der Waals surface area contributed by atoms with E-state index in [-0.39, 0.29) is 5.97 Å². The van der Waals surface area contributed by atoms with Crippen LogP contribution in [0.25, 0.3) is 0 Å². The third-order valence-corrected chi connectivity index (χ3v) is 2.62. The second-order valence-electron chi connectivity index (χ2n) is 5.38. The monoisotopic (exact) mass is 244 g/mol. The van der Waals surface area contributed by atoms with E-state index in [0.29, 0.717) is 12.5 Å². The summed E-state index contributed by atoms with van der Waals surface area (Å²) in [6, 6.07) is 0. The quantitative estimate of drug-likeness (QED) is 0.657. The molecule has 1 N–H and O–H groups in total. The fourth-order valence-corrected chi connectivity index (χ4v) is 1.89. The smallest absolute Gasteiger partial charge is 0.326 e. The van der Waals surface area contributed by atoms with Gasteiger partial charge in [0.15, 0.2) is 0 Å². The van der Waals surface area contributed by atoms with Gasteiger partial charge in [0.1, 0.15) is 5.54 Å². The number of carbonyl (C=O) groups excluding carboxylic acids is 1. The van der Waals surface area contributed by atoms with Gasteiger partial charge in [0.25, 0.3) is 0 Å². The molecule has 0 saturated heterocycles. The number of nitrogens with zero attached hydrogens (tertiary/aromatic N) is 1. The summed E-state index contributed by atoms with van der Waals surface area (Å²) in [6.07, 6.45) is 0.791. The predicted molar refractivity (Wildman–Crippen MR) is 71.0 cm³/mol. The van der Waals surface area contributed by atoms with Gasteiger partial charge in [-0.25, -0.2) is 0 Å². The summed E-state index contributed by atoms with van der Waals surface area (Å²) in [4.78, 5) is 14.1. The third kappa shape index (κ3) is 6.64. The molecule has 4 heteroatoms. The molecule has 0 amide bonds. The van der Waals surface area contributed by atoms with Crippen molar-refractivity contribution in [2.24, 2.45) is 5.92 Å². The minimum absolute atomic E-state index is 0.146. The summed E-state index contributed by atoms with van der Waals surface area (Å²) in [5, 5.41) is 3.33. The summed E-state index contributed by atoms with van der Waals surface area (Å²) in [6.45, 7) is 10.1. The maximum absolute atomic E-state index is 12.0. The Hall–Kier alpha value is -0.610. The molecule has 0 rings (SSSR count). The summed E-state index contributed by atoms with van der Waals surface area (Å²) in [5.41, 5.74) is -0.569. The minimum Gasteiger partial charge on any atom is -0.465 e. The van der Waals surface area contributed by atoms with Crippen LogP contribution in [0.5, 0.6) is 0 Å². The number of hydrogen-bond acceptors (Lipinski definition) is 4. The van der Waals surface area contributed by atoms with Crippen molar-refractivity contribution in [1.82, 2.24) is 10.2 Å². The number of likely N-dealkylation sites (N-methyl/N-ethyl adjacent to an activating group) is 1. The zero-order valence-corrected chi connectivity index (χ0v) is 12.2. The van der Waals surface area contributed by atoms with Crippen LogP contribution in [0.4, 0.5) is 0 Å². The molecular formula is C13H28N2O2. The standard InChI is InChI=1S/C13H28N2O2/c1-7-17-12(16)13(4,10-11(2)3)14-8-9-15(5)6/h11,14H,7-10H2,1-6H3. The van der Waals surface area contributed by atoms with Crippen molar-refractivity contribution in [2.45, 2.75) is 39.7 Å². The average Bonchev–Trinajstić information content (AvgIpc) is 2.16. The van der Waals surface area contributed by atoms with E-state index in [9.17, 15) is 4.79 Å². The van der Waals surface area contributed by atoms with Crippen LogP contribution in [-0.2, 0) is 9.53 Å². The van der Waals surface area contributed by atoms with E-state index in [2.05, 4.69) is 24.1 Å². The van der Waals surface area contributed by atoms with E-state index in [1.54, 1.807) is 0 Å². The number of rotatable bonds is 8. The van der Waals surface area contributed by atoms with E-state index in [4.69, 9.17) is 4.74 Å². The lowest BCUT2D eigenvalue weighted by Gasteiger charge is -2.30. The molecule has 0 heterocycles. The Balaban J connectivity index is 4.43. The first-order valence-corrected chi connectivity index (χ1v) is 6.38. The van der Waals surface area contributed by atoms with Crippen molar-refractivity contribution in [3.05, 3.63) is 0 Å². The third-order valence-electron chi connectivity index (χ3n) is 2.62. The fourth-order valence-electron chi connectivity index (χ4n) is 1.89. The Morgan fingerprint density at radius 2 is 2.00 bits per heavy atom. The molecule has 102 valence electrons. The van der Waals surface area contributed by atoms with E-state index >= 15 is 0 Å². The molecule has 1 atom stereocenters. The summed E-state index contributed by atoms with van der Waals surface area (Å²) >= 11 is 0. The molecule has 0 spiro atoms. The zero-order chi connectivity index (χ0) is 13.5. The van der Waals surface area contributed by atoms with E-state index < -0.39 is 5.54 Å². The average molecular weight is 244 g/mol. The SMILES string of the molecule is CCOC(=O)C(C)(CC(C)C)NCCN(C)C. The maximum atomic E-state index is 12.0. The van der Waals surface area contributed by atoms with Crippen molar-refractivity contribution in [2.75, 3.05) is 33.8 Å². The number of carbonyl (C=O) groups is 1. The maximum Gasteiger partial charge on any atom is 0.326 e. The molecule has 4 nitrogen and oxygen atoms in total.